The minimum absolute atomic E-state index is 2.73. The van der Waals surface area contributed by atoms with E-state index in [1.807, 2.05) is 0 Å². The topological polar surface area (TPSA) is 83.8 Å². The molecule has 1 unspecified atom stereocenters. The van der Waals surface area contributed by atoms with Gasteiger partial charge in [-0.2, -0.15) is 0 Å². The Bertz CT molecular complexity index is 133. The molecule has 48 valence electrons. The minimum atomic E-state index is -4.64. The Hall–Kier alpha value is 0.500. The van der Waals surface area contributed by atoms with Crippen molar-refractivity contribution in [1.29, 1.82) is 0 Å². The average Bonchev–Trinajstić information content (AvgIpc) is 1.21. The Balaban J connectivity index is 3.74. The molecule has 8 heteroatoms. The molecule has 0 heterocycles. The molecule has 2 N–H and O–H groups in total. The van der Waals surface area contributed by atoms with E-state index in [9.17, 15) is 9.13 Å². The lowest BCUT2D eigenvalue weighted by atomic mass is 15.7. The van der Waals surface area contributed by atoms with Crippen molar-refractivity contribution in [3.05, 3.63) is 0 Å². The number of halogens is 1. The second-order valence-corrected chi connectivity index (χ2v) is 3.67. The van der Waals surface area contributed by atoms with Gasteiger partial charge in [0.05, 0.1) is 0 Å². The highest BCUT2D eigenvalue weighted by atomic mass is 35.7. The van der Waals surface area contributed by atoms with Crippen LogP contribution in [0.5, 0.6) is 0 Å². The highest BCUT2D eigenvalue weighted by molar-refractivity contribution is 7.74. The summed E-state index contributed by atoms with van der Waals surface area (Å²) < 4.78 is 22.7. The normalized spacial score (nSPS) is 13.6. The molecule has 0 saturated heterocycles. The molecule has 0 bridgehead atoms. The third kappa shape index (κ3) is 6.50. The second kappa shape index (κ2) is 2.87. The van der Waals surface area contributed by atoms with E-state index in [4.69, 9.17) is 9.79 Å². The van der Waals surface area contributed by atoms with Crippen LogP contribution in [-0.4, -0.2) is 9.79 Å². The van der Waals surface area contributed by atoms with Crippen molar-refractivity contribution >= 4 is 26.4 Å². The van der Waals surface area contributed by atoms with E-state index in [-0.39, 0.29) is 0 Å². The minimum Gasteiger partial charge on any atom is -0.300 e. The molecule has 0 spiro atoms. The van der Waals surface area contributed by atoms with Crippen molar-refractivity contribution in [3.8, 4) is 0 Å². The molecule has 1 atom stereocenters. The van der Waals surface area contributed by atoms with Gasteiger partial charge < -0.3 is 9.79 Å². The Labute approximate surface area is 50.5 Å². The van der Waals surface area contributed by atoms with Gasteiger partial charge in [0.25, 0.3) is 0 Å². The van der Waals surface area contributed by atoms with Gasteiger partial charge in [0.15, 0.2) is 0 Å². The summed E-state index contributed by atoms with van der Waals surface area (Å²) in [6.07, 6.45) is 0. The van der Waals surface area contributed by atoms with Gasteiger partial charge in [0, 0.05) is 0 Å². The smallest absolute Gasteiger partial charge is 0.300 e. The van der Waals surface area contributed by atoms with E-state index < -0.39 is 15.2 Å². The van der Waals surface area contributed by atoms with Gasteiger partial charge in [0.2, 0.25) is 11.2 Å². The van der Waals surface area contributed by atoms with Gasteiger partial charge in [-0.3, -0.25) is 0 Å². The SMILES string of the molecule is O=[P+](Cl)OP(=O)(O)O. The summed E-state index contributed by atoms with van der Waals surface area (Å²) in [5, 5.41) is 0. The molecule has 5 nitrogen and oxygen atoms in total. The largest absolute Gasteiger partial charge is 0.644 e. The number of hydrogen-bond acceptors (Lipinski definition) is 3. The van der Waals surface area contributed by atoms with Gasteiger partial charge in [0.1, 0.15) is 0 Å². The second-order valence-electron chi connectivity index (χ2n) is 0.785. The molecule has 0 rings (SSSR count). The summed E-state index contributed by atoms with van der Waals surface area (Å²) in [6.45, 7) is 0. The lowest BCUT2D eigenvalue weighted by Gasteiger charge is -1.86. The van der Waals surface area contributed by atoms with Crippen molar-refractivity contribution in [2.24, 2.45) is 0 Å². The fraction of sp³-hybridized carbons (Fsp3) is 0. The molecule has 0 aliphatic carbocycles. The van der Waals surface area contributed by atoms with E-state index >= 15 is 0 Å². The van der Waals surface area contributed by atoms with Crippen molar-refractivity contribution in [1.82, 2.24) is 0 Å². The van der Waals surface area contributed by atoms with E-state index in [1.54, 1.807) is 0 Å². The summed E-state index contributed by atoms with van der Waals surface area (Å²) in [5.41, 5.74) is 0. The first-order valence-electron chi connectivity index (χ1n) is 1.30. The summed E-state index contributed by atoms with van der Waals surface area (Å²) in [7, 11) is -7.37. The summed E-state index contributed by atoms with van der Waals surface area (Å²) in [6, 6.07) is 0. The van der Waals surface area contributed by atoms with Gasteiger partial charge in [-0.1, -0.05) is 0 Å². The number of phosphoric acid groups is 1. The monoisotopic (exact) mass is 179 g/mol. The van der Waals surface area contributed by atoms with Gasteiger partial charge in [-0.15, -0.1) is 0 Å². The van der Waals surface area contributed by atoms with Crippen LogP contribution in [0.4, 0.5) is 0 Å². The molecule has 8 heavy (non-hydrogen) atoms. The predicted molar refractivity (Wildman–Crippen MR) is 26.6 cm³/mol. The first kappa shape index (κ1) is 8.50. The van der Waals surface area contributed by atoms with Crippen molar-refractivity contribution < 1.29 is 23.2 Å². The van der Waals surface area contributed by atoms with E-state index in [1.165, 1.54) is 0 Å². The Morgan fingerprint density at radius 1 is 1.62 bits per heavy atom. The van der Waals surface area contributed by atoms with Crippen molar-refractivity contribution in [3.63, 3.8) is 0 Å². The van der Waals surface area contributed by atoms with Crippen LogP contribution in [0.3, 0.4) is 0 Å². The van der Waals surface area contributed by atoms with Gasteiger partial charge >= 0.3 is 15.2 Å². The third-order valence-corrected chi connectivity index (χ3v) is 2.09. The van der Waals surface area contributed by atoms with Crippen LogP contribution in [0.2, 0.25) is 0 Å². The molecule has 0 amide bonds. The lowest BCUT2D eigenvalue weighted by molar-refractivity contribution is 0.290. The fourth-order valence-corrected chi connectivity index (χ4v) is 1.48. The average molecular weight is 179 g/mol. The maximum Gasteiger partial charge on any atom is 0.644 e. The van der Waals surface area contributed by atoms with E-state index in [2.05, 4.69) is 15.6 Å². The van der Waals surface area contributed by atoms with Crippen LogP contribution < -0.4 is 0 Å². The zero-order chi connectivity index (χ0) is 6.78. The van der Waals surface area contributed by atoms with Crippen LogP contribution in [0.25, 0.3) is 0 Å². The van der Waals surface area contributed by atoms with Crippen LogP contribution >= 0.6 is 26.4 Å². The van der Waals surface area contributed by atoms with Crippen LogP contribution in [0, 0.1) is 0 Å². The molecular weight excluding hydrogens is 177 g/mol. The summed E-state index contributed by atoms with van der Waals surface area (Å²) in [4.78, 5) is 15.6. The standard InChI is InChI=1S/ClHO5P2/c1-7(2)6-8(3,4)5/h(H-,3,4,5)/p+1. The molecule has 0 fully saturated rings. The van der Waals surface area contributed by atoms with Gasteiger partial charge in [-0.05, 0) is 8.88 Å². The van der Waals surface area contributed by atoms with Crippen LogP contribution in [0.1, 0.15) is 0 Å². The van der Waals surface area contributed by atoms with E-state index in [0.29, 0.717) is 0 Å². The maximum atomic E-state index is 9.66. The van der Waals surface area contributed by atoms with Crippen molar-refractivity contribution in [2.75, 3.05) is 0 Å². The zero-order valence-corrected chi connectivity index (χ0v) is 5.94. The van der Waals surface area contributed by atoms with Crippen LogP contribution in [0.15, 0.2) is 0 Å². The summed E-state index contributed by atoms with van der Waals surface area (Å²) in [5.74, 6) is 0. The molecule has 0 aromatic rings. The molecule has 0 radical (unpaired) electrons. The lowest BCUT2D eigenvalue weighted by Crippen LogP contribution is -1.73. The predicted octanol–water partition coefficient (Wildman–Crippen LogP) is 0.992. The first-order valence-corrected chi connectivity index (χ1v) is 4.91. The highest BCUT2D eigenvalue weighted by Crippen LogP contribution is 2.49. The van der Waals surface area contributed by atoms with Crippen molar-refractivity contribution in [2.45, 2.75) is 0 Å². The highest BCUT2D eigenvalue weighted by Gasteiger charge is 2.29. The third-order valence-electron chi connectivity index (χ3n) is 0.171. The molecule has 0 aromatic carbocycles. The maximum absolute atomic E-state index is 9.66. The van der Waals surface area contributed by atoms with Crippen LogP contribution in [-0.2, 0) is 13.4 Å². The molecule has 0 aliphatic heterocycles. The molecule has 0 aromatic heterocycles. The Kier molecular flexibility index (Phi) is 3.05. The Morgan fingerprint density at radius 3 is 2.00 bits per heavy atom. The fourth-order valence-electron chi connectivity index (χ4n) is 0.0836. The quantitative estimate of drug-likeness (QED) is 0.618. The molecular formula is H2ClO5P2+. The first-order chi connectivity index (χ1) is 3.42. The zero-order valence-electron chi connectivity index (χ0n) is 3.39. The molecule has 0 aliphatic rings. The Morgan fingerprint density at radius 2 is 2.00 bits per heavy atom. The number of hydrogen-bond donors (Lipinski definition) is 2. The summed E-state index contributed by atoms with van der Waals surface area (Å²) >= 11 is 4.56. The number of rotatable bonds is 2. The molecule has 0 saturated carbocycles. The van der Waals surface area contributed by atoms with Gasteiger partial charge in [-0.25, -0.2) is 4.57 Å². The van der Waals surface area contributed by atoms with E-state index in [0.717, 1.165) is 0 Å².